The molecule has 2 aromatic rings. The minimum absolute atomic E-state index is 0.0461. The Balaban J connectivity index is 1.61. The van der Waals surface area contributed by atoms with Crippen LogP contribution in [0.5, 0.6) is 0 Å². The summed E-state index contributed by atoms with van der Waals surface area (Å²) in [7, 11) is -1.05. The summed E-state index contributed by atoms with van der Waals surface area (Å²) in [5.41, 5.74) is -1.06. The van der Waals surface area contributed by atoms with E-state index in [0.29, 0.717) is 22.4 Å². The number of rotatable bonds is 4. The lowest BCUT2D eigenvalue weighted by Crippen LogP contribution is -2.42. The summed E-state index contributed by atoms with van der Waals surface area (Å²) in [4.78, 5) is 17.4. The Morgan fingerprint density at radius 2 is 1.84 bits per heavy atom. The maximum Gasteiger partial charge on any atom is 0.435 e. The number of alkyl halides is 3. The fourth-order valence-electron chi connectivity index (χ4n) is 3.51. The Morgan fingerprint density at radius 3 is 2.41 bits per heavy atom. The summed E-state index contributed by atoms with van der Waals surface area (Å²) in [6, 6.07) is 8.22. The highest BCUT2D eigenvalue weighted by Crippen LogP contribution is 2.49. The molecule has 0 aromatic heterocycles. The van der Waals surface area contributed by atoms with Crippen molar-refractivity contribution in [3.8, 4) is 0 Å². The first-order chi connectivity index (χ1) is 15.0. The number of aryl methyl sites for hydroxylation is 1. The number of nitrogens with one attached hydrogen (secondary N) is 1. The molecule has 2 aromatic carbocycles. The van der Waals surface area contributed by atoms with Crippen LogP contribution in [0.1, 0.15) is 33.5 Å². The summed E-state index contributed by atoms with van der Waals surface area (Å²) >= 11 is 11.8. The lowest BCUT2D eigenvalue weighted by atomic mass is 9.86. The predicted molar refractivity (Wildman–Crippen MR) is 116 cm³/mol. The largest absolute Gasteiger partial charge is 0.435 e. The molecule has 4 rings (SSSR count). The average Bonchev–Trinajstić information content (AvgIpc) is 3.12. The van der Waals surface area contributed by atoms with Gasteiger partial charge in [0.05, 0.1) is 22.3 Å². The van der Waals surface area contributed by atoms with E-state index in [1.165, 1.54) is 23.6 Å². The van der Waals surface area contributed by atoms with Gasteiger partial charge in [-0.2, -0.15) is 13.2 Å². The summed E-state index contributed by atoms with van der Waals surface area (Å²) in [6.45, 7) is 1.66. The van der Waals surface area contributed by atoms with Crippen LogP contribution < -0.4 is 5.32 Å². The number of nitrogens with zero attached hydrogens (tertiary/aromatic N) is 1. The summed E-state index contributed by atoms with van der Waals surface area (Å²) < 4.78 is 53.5. The number of hydrogen-bond donors (Lipinski definition) is 1. The first-order valence-electron chi connectivity index (χ1n) is 9.27. The third-order valence-electron chi connectivity index (χ3n) is 5.16. The van der Waals surface area contributed by atoms with Gasteiger partial charge in [-0.3, -0.25) is 9.00 Å². The van der Waals surface area contributed by atoms with Crippen LogP contribution in [0.3, 0.4) is 0 Å². The second kappa shape index (κ2) is 8.20. The molecule has 32 heavy (non-hydrogen) atoms. The molecular weight excluding hydrogens is 488 g/mol. The molecular formula is C21H15Cl2F3N2O3S. The molecule has 0 saturated carbocycles. The van der Waals surface area contributed by atoms with E-state index in [1.54, 1.807) is 13.0 Å². The molecule has 1 N–H and O–H groups in total. The third-order valence-corrected chi connectivity index (χ3v) is 6.74. The van der Waals surface area contributed by atoms with Crippen LogP contribution >= 0.6 is 23.2 Å². The molecule has 2 aliphatic rings. The van der Waals surface area contributed by atoms with Crippen LogP contribution in [-0.2, 0) is 21.2 Å². The Hall–Kier alpha value is -2.36. The van der Waals surface area contributed by atoms with E-state index in [2.05, 4.69) is 10.5 Å². The standard InChI is InChI=1S/C21H15Cl2F3N2O3S/c1-11-4-12(2-3-17(11)19(29)27-16-9-32(30)10-16)18-8-20(31-28-18,21(24,25)26)13-5-14(22)7-15(23)6-13/h2-7,9H,8,10H2,1H3,(H,27,29). The molecule has 5 nitrogen and oxygen atoms in total. The fourth-order valence-corrected chi connectivity index (χ4v) is 4.74. The lowest BCUT2D eigenvalue weighted by molar-refractivity contribution is -0.275. The SMILES string of the molecule is Cc1cc(C2=NOC(c3cc(Cl)cc(Cl)c3)(C(F)(F)F)C2)ccc1C(=O)NC1=CS(=O)C1. The third kappa shape index (κ3) is 4.16. The Morgan fingerprint density at radius 1 is 1.19 bits per heavy atom. The Bertz CT molecular complexity index is 1190. The second-order valence-corrected chi connectivity index (χ2v) is 9.60. The monoisotopic (exact) mass is 502 g/mol. The summed E-state index contributed by atoms with van der Waals surface area (Å²) in [5, 5.41) is 7.92. The van der Waals surface area contributed by atoms with Gasteiger partial charge in [-0.1, -0.05) is 34.4 Å². The molecule has 0 radical (unpaired) electrons. The number of amides is 1. The molecule has 2 unspecified atom stereocenters. The van der Waals surface area contributed by atoms with Gasteiger partial charge in [-0.15, -0.1) is 0 Å². The van der Waals surface area contributed by atoms with Crippen LogP contribution in [0.15, 0.2) is 52.7 Å². The number of halogens is 5. The highest BCUT2D eigenvalue weighted by molar-refractivity contribution is 7.89. The van der Waals surface area contributed by atoms with Crippen LogP contribution in [0, 0.1) is 6.92 Å². The van der Waals surface area contributed by atoms with Gasteiger partial charge in [0.1, 0.15) is 0 Å². The predicted octanol–water partition coefficient (Wildman–Crippen LogP) is 5.22. The normalized spacial score (nSPS) is 22.5. The van der Waals surface area contributed by atoms with Crippen LogP contribution in [-0.4, -0.2) is 27.8 Å². The molecule has 2 heterocycles. The van der Waals surface area contributed by atoms with Gasteiger partial charge in [0.25, 0.3) is 11.5 Å². The van der Waals surface area contributed by atoms with Gasteiger partial charge in [0, 0.05) is 38.7 Å². The first kappa shape index (κ1) is 22.8. The maximum atomic E-state index is 14.1. The van der Waals surface area contributed by atoms with Crippen molar-refractivity contribution in [3.63, 3.8) is 0 Å². The number of hydrogen-bond acceptors (Lipinski definition) is 4. The quantitative estimate of drug-likeness (QED) is 0.623. The van der Waals surface area contributed by atoms with Crippen molar-refractivity contribution in [1.82, 2.24) is 5.32 Å². The summed E-state index contributed by atoms with van der Waals surface area (Å²) in [5.74, 6) is -0.107. The lowest BCUT2D eigenvalue weighted by Gasteiger charge is -2.29. The molecule has 1 amide bonds. The van der Waals surface area contributed by atoms with E-state index in [0.717, 1.165) is 12.1 Å². The molecule has 11 heteroatoms. The van der Waals surface area contributed by atoms with Gasteiger partial charge in [0.2, 0.25) is 0 Å². The second-order valence-electron chi connectivity index (χ2n) is 7.44. The number of carbonyl (C=O) groups excluding carboxylic acids is 1. The summed E-state index contributed by atoms with van der Waals surface area (Å²) in [6.07, 6.45) is -5.38. The molecule has 2 aliphatic heterocycles. The van der Waals surface area contributed by atoms with E-state index in [1.807, 2.05) is 0 Å². The van der Waals surface area contributed by atoms with Crippen LogP contribution in [0.25, 0.3) is 0 Å². The van der Waals surface area contributed by atoms with E-state index >= 15 is 0 Å². The molecule has 0 fully saturated rings. The molecule has 168 valence electrons. The van der Waals surface area contributed by atoms with Crippen molar-refractivity contribution in [1.29, 1.82) is 0 Å². The number of benzene rings is 2. The zero-order chi connectivity index (χ0) is 23.3. The van der Waals surface area contributed by atoms with E-state index < -0.39 is 29.0 Å². The smallest absolute Gasteiger partial charge is 0.374 e. The average molecular weight is 503 g/mol. The molecule has 0 saturated heterocycles. The van der Waals surface area contributed by atoms with Crippen molar-refractivity contribution >= 4 is 45.6 Å². The van der Waals surface area contributed by atoms with E-state index in [9.17, 15) is 22.2 Å². The number of carbonyl (C=O) groups is 1. The van der Waals surface area contributed by atoms with Crippen LogP contribution in [0.2, 0.25) is 10.0 Å². The van der Waals surface area contributed by atoms with Crippen LogP contribution in [0.4, 0.5) is 13.2 Å². The molecule has 0 aliphatic carbocycles. The molecule has 0 spiro atoms. The Labute approximate surface area is 193 Å². The minimum atomic E-state index is -4.79. The van der Waals surface area contributed by atoms with Gasteiger partial charge < -0.3 is 10.2 Å². The number of oxime groups is 1. The van der Waals surface area contributed by atoms with E-state index in [4.69, 9.17) is 28.0 Å². The minimum Gasteiger partial charge on any atom is -0.374 e. The molecule has 2 atom stereocenters. The first-order valence-corrected chi connectivity index (χ1v) is 11.4. The van der Waals surface area contributed by atoms with Gasteiger partial charge in [-0.05, 0) is 48.4 Å². The van der Waals surface area contributed by atoms with Gasteiger partial charge >= 0.3 is 6.18 Å². The van der Waals surface area contributed by atoms with E-state index in [-0.39, 0.29) is 33.0 Å². The van der Waals surface area contributed by atoms with Crippen molar-refractivity contribution in [2.75, 3.05) is 5.75 Å². The maximum absolute atomic E-state index is 14.1. The Kier molecular flexibility index (Phi) is 5.85. The fraction of sp³-hybridized carbons (Fsp3) is 0.238. The highest BCUT2D eigenvalue weighted by atomic mass is 35.5. The van der Waals surface area contributed by atoms with Gasteiger partial charge in [0.15, 0.2) is 0 Å². The topological polar surface area (TPSA) is 67.8 Å². The zero-order valence-electron chi connectivity index (χ0n) is 16.4. The molecule has 0 bridgehead atoms. The van der Waals surface area contributed by atoms with Crippen molar-refractivity contribution < 1.29 is 27.0 Å². The van der Waals surface area contributed by atoms with Gasteiger partial charge in [-0.25, -0.2) is 0 Å². The highest BCUT2D eigenvalue weighted by Gasteiger charge is 2.62. The van der Waals surface area contributed by atoms with Crippen molar-refractivity contribution in [2.24, 2.45) is 5.16 Å². The van der Waals surface area contributed by atoms with Crippen molar-refractivity contribution in [3.05, 3.63) is 79.8 Å². The zero-order valence-corrected chi connectivity index (χ0v) is 18.8. The van der Waals surface area contributed by atoms with Crippen molar-refractivity contribution in [2.45, 2.75) is 25.1 Å².